The Morgan fingerprint density at radius 2 is 1.83 bits per heavy atom. The molecule has 4 nitrogen and oxygen atoms in total. The summed E-state index contributed by atoms with van der Waals surface area (Å²) in [5, 5.41) is 3.19. The van der Waals surface area contributed by atoms with Gasteiger partial charge in [0.1, 0.15) is 0 Å². The summed E-state index contributed by atoms with van der Waals surface area (Å²) in [6.45, 7) is 3.95. The standard InChI is InChI=1S/C17H31N3O.2ClH/c18-13-17(7-2-1-3-8-17)10-16(21)19-11-14-6-9-20(12-14)15-4-5-15;;/h14-15H,1-13,18H2,(H,19,21);2*1H. The first kappa shape index (κ1) is 21.0. The Balaban J connectivity index is 0.00000132. The zero-order valence-corrected chi connectivity index (χ0v) is 15.7. The summed E-state index contributed by atoms with van der Waals surface area (Å²) in [5.41, 5.74) is 6.07. The molecule has 0 aromatic heterocycles. The van der Waals surface area contributed by atoms with Crippen molar-refractivity contribution in [1.82, 2.24) is 10.2 Å². The normalized spacial score (nSPS) is 26.9. The Morgan fingerprint density at radius 1 is 1.13 bits per heavy atom. The molecule has 3 rings (SSSR count). The maximum atomic E-state index is 12.3. The lowest BCUT2D eigenvalue weighted by Crippen LogP contribution is -2.40. The van der Waals surface area contributed by atoms with E-state index < -0.39 is 0 Å². The molecule has 3 fully saturated rings. The van der Waals surface area contributed by atoms with Gasteiger partial charge in [0.15, 0.2) is 0 Å². The van der Waals surface area contributed by atoms with Crippen molar-refractivity contribution in [1.29, 1.82) is 0 Å². The van der Waals surface area contributed by atoms with Gasteiger partial charge < -0.3 is 16.0 Å². The van der Waals surface area contributed by atoms with E-state index >= 15 is 0 Å². The molecule has 2 aliphatic carbocycles. The van der Waals surface area contributed by atoms with Crippen molar-refractivity contribution in [3.63, 3.8) is 0 Å². The monoisotopic (exact) mass is 365 g/mol. The van der Waals surface area contributed by atoms with Crippen LogP contribution in [0.15, 0.2) is 0 Å². The van der Waals surface area contributed by atoms with Crippen LogP contribution in [0.2, 0.25) is 0 Å². The van der Waals surface area contributed by atoms with E-state index in [2.05, 4.69) is 10.2 Å². The van der Waals surface area contributed by atoms with E-state index in [1.807, 2.05) is 0 Å². The molecule has 0 bridgehead atoms. The van der Waals surface area contributed by atoms with Gasteiger partial charge in [-0.1, -0.05) is 19.3 Å². The molecule has 6 heteroatoms. The fourth-order valence-corrected chi connectivity index (χ4v) is 4.22. The van der Waals surface area contributed by atoms with E-state index in [9.17, 15) is 4.79 Å². The van der Waals surface area contributed by atoms with Crippen molar-refractivity contribution in [3.8, 4) is 0 Å². The molecule has 136 valence electrons. The molecule has 1 saturated heterocycles. The minimum absolute atomic E-state index is 0. The van der Waals surface area contributed by atoms with Gasteiger partial charge in [0.05, 0.1) is 0 Å². The van der Waals surface area contributed by atoms with E-state index in [0.29, 0.717) is 18.9 Å². The lowest BCUT2D eigenvalue weighted by atomic mass is 9.71. The molecule has 1 heterocycles. The second-order valence-electron chi connectivity index (χ2n) is 7.63. The van der Waals surface area contributed by atoms with Crippen molar-refractivity contribution >= 4 is 30.7 Å². The number of halogens is 2. The Kier molecular flexibility index (Phi) is 8.64. The van der Waals surface area contributed by atoms with Crippen LogP contribution in [0.25, 0.3) is 0 Å². The summed E-state index contributed by atoms with van der Waals surface area (Å²) in [5.74, 6) is 0.891. The summed E-state index contributed by atoms with van der Waals surface area (Å²) >= 11 is 0. The number of carbonyl (C=O) groups is 1. The van der Waals surface area contributed by atoms with Crippen LogP contribution in [0.4, 0.5) is 0 Å². The molecule has 0 radical (unpaired) electrons. The van der Waals surface area contributed by atoms with Crippen LogP contribution >= 0.6 is 24.8 Å². The summed E-state index contributed by atoms with van der Waals surface area (Å²) in [7, 11) is 0. The largest absolute Gasteiger partial charge is 0.356 e. The average Bonchev–Trinajstić information content (AvgIpc) is 3.25. The number of amides is 1. The fourth-order valence-electron chi connectivity index (χ4n) is 4.22. The van der Waals surface area contributed by atoms with Gasteiger partial charge in [-0.2, -0.15) is 0 Å². The lowest BCUT2D eigenvalue weighted by Gasteiger charge is -2.35. The molecular formula is C17H33Cl2N3O. The van der Waals surface area contributed by atoms with Crippen molar-refractivity contribution in [3.05, 3.63) is 0 Å². The van der Waals surface area contributed by atoms with Gasteiger partial charge in [-0.05, 0) is 56.5 Å². The molecule has 3 N–H and O–H groups in total. The first-order valence-corrected chi connectivity index (χ1v) is 8.92. The summed E-state index contributed by atoms with van der Waals surface area (Å²) in [4.78, 5) is 14.9. The molecule has 3 aliphatic rings. The maximum absolute atomic E-state index is 12.3. The van der Waals surface area contributed by atoms with Gasteiger partial charge >= 0.3 is 0 Å². The minimum Gasteiger partial charge on any atom is -0.356 e. The van der Waals surface area contributed by atoms with E-state index in [1.54, 1.807) is 0 Å². The highest BCUT2D eigenvalue weighted by Crippen LogP contribution is 2.38. The molecule has 1 unspecified atom stereocenters. The van der Waals surface area contributed by atoms with Gasteiger partial charge in [0.25, 0.3) is 0 Å². The number of nitrogens with zero attached hydrogens (tertiary/aromatic N) is 1. The van der Waals surface area contributed by atoms with Gasteiger partial charge in [0, 0.05) is 25.6 Å². The number of nitrogens with two attached hydrogens (primary N) is 1. The molecule has 0 aromatic rings. The van der Waals surface area contributed by atoms with Gasteiger partial charge in [-0.15, -0.1) is 24.8 Å². The Bertz CT molecular complexity index is 371. The van der Waals surface area contributed by atoms with Crippen molar-refractivity contribution in [2.24, 2.45) is 17.1 Å². The first-order valence-electron chi connectivity index (χ1n) is 8.92. The topological polar surface area (TPSA) is 58.4 Å². The SMILES string of the molecule is Cl.Cl.NCC1(CC(=O)NCC2CCN(C3CC3)C2)CCCCC1. The molecule has 0 aromatic carbocycles. The Hall–Kier alpha value is -0.0300. The van der Waals surface area contributed by atoms with Crippen LogP contribution in [0.1, 0.15) is 57.8 Å². The fraction of sp³-hybridized carbons (Fsp3) is 0.941. The van der Waals surface area contributed by atoms with Gasteiger partial charge in [-0.3, -0.25) is 4.79 Å². The highest BCUT2D eigenvalue weighted by molar-refractivity contribution is 5.85. The minimum atomic E-state index is 0. The van der Waals surface area contributed by atoms with E-state index in [0.717, 1.165) is 25.4 Å². The summed E-state index contributed by atoms with van der Waals surface area (Å²) in [6, 6.07) is 0.869. The Morgan fingerprint density at radius 3 is 2.43 bits per heavy atom. The van der Waals surface area contributed by atoms with Crippen LogP contribution < -0.4 is 11.1 Å². The number of rotatable bonds is 6. The quantitative estimate of drug-likeness (QED) is 0.760. The van der Waals surface area contributed by atoms with Crippen molar-refractivity contribution < 1.29 is 4.79 Å². The molecule has 1 amide bonds. The predicted octanol–water partition coefficient (Wildman–Crippen LogP) is 2.73. The molecular weight excluding hydrogens is 333 g/mol. The van der Waals surface area contributed by atoms with E-state index in [1.165, 1.54) is 51.6 Å². The molecule has 2 saturated carbocycles. The van der Waals surface area contributed by atoms with Crippen LogP contribution in [0, 0.1) is 11.3 Å². The third-order valence-corrected chi connectivity index (χ3v) is 5.85. The van der Waals surface area contributed by atoms with E-state index in [4.69, 9.17) is 5.73 Å². The first-order chi connectivity index (χ1) is 10.2. The van der Waals surface area contributed by atoms with Crippen molar-refractivity contribution in [2.45, 2.75) is 63.8 Å². The molecule has 1 atom stereocenters. The number of nitrogens with one attached hydrogen (secondary N) is 1. The lowest BCUT2D eigenvalue weighted by molar-refractivity contribution is -0.124. The molecule has 1 aliphatic heterocycles. The van der Waals surface area contributed by atoms with Crippen molar-refractivity contribution in [2.75, 3.05) is 26.2 Å². The summed E-state index contributed by atoms with van der Waals surface area (Å²) < 4.78 is 0. The molecule has 23 heavy (non-hydrogen) atoms. The smallest absolute Gasteiger partial charge is 0.220 e. The highest BCUT2D eigenvalue weighted by atomic mass is 35.5. The second kappa shape index (κ2) is 9.45. The number of likely N-dealkylation sites (tertiary alicyclic amines) is 1. The second-order valence-corrected chi connectivity index (χ2v) is 7.63. The van der Waals surface area contributed by atoms with Crippen LogP contribution in [0.3, 0.4) is 0 Å². The zero-order chi connectivity index (χ0) is 14.7. The summed E-state index contributed by atoms with van der Waals surface area (Å²) in [6.07, 6.45) is 10.7. The Labute approximate surface area is 153 Å². The van der Waals surface area contributed by atoms with Crippen LogP contribution in [-0.2, 0) is 4.79 Å². The van der Waals surface area contributed by atoms with Crippen LogP contribution in [0.5, 0.6) is 0 Å². The zero-order valence-electron chi connectivity index (χ0n) is 14.1. The predicted molar refractivity (Wildman–Crippen MR) is 99.4 cm³/mol. The number of carbonyl (C=O) groups excluding carboxylic acids is 1. The van der Waals surface area contributed by atoms with E-state index in [-0.39, 0.29) is 36.1 Å². The van der Waals surface area contributed by atoms with Crippen LogP contribution in [-0.4, -0.2) is 43.0 Å². The highest BCUT2D eigenvalue weighted by Gasteiger charge is 2.35. The number of hydrogen-bond acceptors (Lipinski definition) is 3. The average molecular weight is 366 g/mol. The maximum Gasteiger partial charge on any atom is 0.220 e. The third-order valence-electron chi connectivity index (χ3n) is 5.85. The van der Waals surface area contributed by atoms with Gasteiger partial charge in [-0.25, -0.2) is 0 Å². The number of hydrogen-bond donors (Lipinski definition) is 2. The molecule has 0 spiro atoms. The van der Waals surface area contributed by atoms with Gasteiger partial charge in [0.2, 0.25) is 5.91 Å². The third kappa shape index (κ3) is 5.77.